The van der Waals surface area contributed by atoms with E-state index in [0.717, 1.165) is 16.9 Å². The lowest BCUT2D eigenvalue weighted by Crippen LogP contribution is -2.43. The van der Waals surface area contributed by atoms with Gasteiger partial charge in [-0.3, -0.25) is 14.2 Å². The molecule has 0 saturated heterocycles. The Balaban J connectivity index is 1.87. The van der Waals surface area contributed by atoms with Gasteiger partial charge in [0.25, 0.3) is 11.5 Å². The van der Waals surface area contributed by atoms with E-state index in [9.17, 15) is 9.59 Å². The van der Waals surface area contributed by atoms with Crippen molar-refractivity contribution in [1.29, 1.82) is 0 Å². The number of benzene rings is 2. The molecule has 0 saturated carbocycles. The average molecular weight is 524 g/mol. The molecule has 0 spiro atoms. The molecule has 0 unspecified atom stereocenters. The van der Waals surface area contributed by atoms with E-state index in [1.807, 2.05) is 77.1 Å². The molecule has 1 aliphatic rings. The van der Waals surface area contributed by atoms with E-state index in [1.165, 1.54) is 11.3 Å². The molecule has 2 aromatic carbocycles. The number of allylic oxidation sites excluding steroid dienone is 1. The summed E-state index contributed by atoms with van der Waals surface area (Å²) in [6, 6.07) is 14.3. The van der Waals surface area contributed by atoms with Crippen molar-refractivity contribution in [3.63, 3.8) is 0 Å². The minimum atomic E-state index is -0.587. The number of hydrogen-bond donors (Lipinski definition) is 0. The third kappa shape index (κ3) is 5.18. The molecule has 188 valence electrons. The Bertz CT molecular complexity index is 1460. The lowest BCUT2D eigenvalue weighted by Gasteiger charge is -2.29. The zero-order chi connectivity index (χ0) is 26.0. The van der Waals surface area contributed by atoms with Crippen LogP contribution in [0, 0.1) is 0 Å². The van der Waals surface area contributed by atoms with Gasteiger partial charge in [0, 0.05) is 18.1 Å². The Morgan fingerprint density at radius 1 is 1.14 bits per heavy atom. The van der Waals surface area contributed by atoms with Crippen LogP contribution in [0.5, 0.6) is 5.75 Å². The maximum atomic E-state index is 13.7. The number of thiazole rings is 1. The van der Waals surface area contributed by atoms with Crippen molar-refractivity contribution in [3.05, 3.63) is 95.6 Å². The van der Waals surface area contributed by atoms with Crippen LogP contribution in [0.4, 0.5) is 0 Å². The normalized spacial score (nSPS) is 15.6. The first-order chi connectivity index (χ1) is 17.2. The standard InChI is InChI=1S/C28H30ClN3O3S/c1-6-31(7-2)27(34)24-18(5)30-28-32(25(24)20-10-12-21(29)13-11-20)26(33)23(36-28)16-19-8-14-22(15-9-19)35-17(3)4/h8-17,25H,6-7H2,1-5H3/b23-16+/t25-/m0/s1. The number of aromatic nitrogens is 1. The molecule has 1 aliphatic heterocycles. The predicted molar refractivity (Wildman–Crippen MR) is 145 cm³/mol. The van der Waals surface area contributed by atoms with Gasteiger partial charge in [0.1, 0.15) is 5.75 Å². The minimum absolute atomic E-state index is 0.0869. The molecule has 0 bridgehead atoms. The van der Waals surface area contributed by atoms with Crippen LogP contribution in [-0.2, 0) is 4.79 Å². The molecule has 4 rings (SSSR count). The number of likely N-dealkylation sites (N-methyl/N-ethyl adjacent to an activating group) is 1. The summed E-state index contributed by atoms with van der Waals surface area (Å²) >= 11 is 7.47. The van der Waals surface area contributed by atoms with Gasteiger partial charge in [0.05, 0.1) is 27.9 Å². The SMILES string of the molecule is CCN(CC)C(=O)C1=C(C)N=c2s/c(=C/c3ccc(OC(C)C)cc3)c(=O)n2[C@H]1c1ccc(Cl)cc1. The molecule has 0 N–H and O–H groups in total. The van der Waals surface area contributed by atoms with E-state index in [1.54, 1.807) is 21.6 Å². The molecule has 2 heterocycles. The van der Waals surface area contributed by atoms with Crippen molar-refractivity contribution in [2.75, 3.05) is 13.1 Å². The topological polar surface area (TPSA) is 63.9 Å². The second kappa shape index (κ2) is 10.8. The molecule has 36 heavy (non-hydrogen) atoms. The second-order valence-corrected chi connectivity index (χ2v) is 10.3. The van der Waals surface area contributed by atoms with Crippen molar-refractivity contribution in [1.82, 2.24) is 9.47 Å². The maximum Gasteiger partial charge on any atom is 0.271 e. The van der Waals surface area contributed by atoms with Crippen molar-refractivity contribution in [2.24, 2.45) is 4.99 Å². The highest BCUT2D eigenvalue weighted by molar-refractivity contribution is 7.07. The summed E-state index contributed by atoms with van der Waals surface area (Å²) in [6.45, 7) is 10.8. The fraction of sp³-hybridized carbons (Fsp3) is 0.321. The first-order valence-corrected chi connectivity index (χ1v) is 13.3. The highest BCUT2D eigenvalue weighted by Gasteiger charge is 2.34. The highest BCUT2D eigenvalue weighted by atomic mass is 35.5. The third-order valence-electron chi connectivity index (χ3n) is 6.04. The summed E-state index contributed by atoms with van der Waals surface area (Å²) in [5, 5.41) is 0.591. The summed E-state index contributed by atoms with van der Waals surface area (Å²) in [5.41, 5.74) is 2.64. The predicted octanol–water partition coefficient (Wildman–Crippen LogP) is 4.54. The summed E-state index contributed by atoms with van der Waals surface area (Å²) < 4.78 is 7.91. The molecule has 0 aliphatic carbocycles. The number of carbonyl (C=O) groups is 1. The zero-order valence-corrected chi connectivity index (χ0v) is 22.7. The summed E-state index contributed by atoms with van der Waals surface area (Å²) in [4.78, 5) is 34.4. The van der Waals surface area contributed by atoms with E-state index in [4.69, 9.17) is 21.3 Å². The van der Waals surface area contributed by atoms with Crippen LogP contribution in [0.25, 0.3) is 6.08 Å². The van der Waals surface area contributed by atoms with Crippen molar-refractivity contribution in [3.8, 4) is 5.75 Å². The highest BCUT2D eigenvalue weighted by Crippen LogP contribution is 2.31. The molecule has 1 atom stereocenters. The lowest BCUT2D eigenvalue weighted by molar-refractivity contribution is -0.127. The first kappa shape index (κ1) is 25.9. The largest absolute Gasteiger partial charge is 0.491 e. The smallest absolute Gasteiger partial charge is 0.271 e. The number of amides is 1. The van der Waals surface area contributed by atoms with E-state index < -0.39 is 6.04 Å². The monoisotopic (exact) mass is 523 g/mol. The number of nitrogens with zero attached hydrogens (tertiary/aromatic N) is 3. The number of ether oxygens (including phenoxy) is 1. The van der Waals surface area contributed by atoms with Gasteiger partial charge in [-0.15, -0.1) is 0 Å². The van der Waals surface area contributed by atoms with Crippen molar-refractivity contribution in [2.45, 2.75) is 46.8 Å². The van der Waals surface area contributed by atoms with Gasteiger partial charge in [-0.1, -0.05) is 47.2 Å². The van der Waals surface area contributed by atoms with Crippen LogP contribution in [0.2, 0.25) is 5.02 Å². The minimum Gasteiger partial charge on any atom is -0.491 e. The molecule has 1 aromatic heterocycles. The Hall–Kier alpha value is -3.16. The van der Waals surface area contributed by atoms with E-state index >= 15 is 0 Å². The number of hydrogen-bond acceptors (Lipinski definition) is 5. The lowest BCUT2D eigenvalue weighted by atomic mass is 9.94. The van der Waals surface area contributed by atoms with E-state index in [-0.39, 0.29) is 17.6 Å². The average Bonchev–Trinajstić information content (AvgIpc) is 3.14. The summed E-state index contributed by atoms with van der Waals surface area (Å²) in [7, 11) is 0. The van der Waals surface area contributed by atoms with Crippen LogP contribution in [-0.4, -0.2) is 34.6 Å². The Morgan fingerprint density at radius 3 is 2.36 bits per heavy atom. The Kier molecular flexibility index (Phi) is 7.81. The van der Waals surface area contributed by atoms with Crippen LogP contribution < -0.4 is 19.6 Å². The molecule has 3 aromatic rings. The van der Waals surface area contributed by atoms with E-state index in [0.29, 0.717) is 38.7 Å². The maximum absolute atomic E-state index is 13.7. The van der Waals surface area contributed by atoms with E-state index in [2.05, 4.69) is 0 Å². The molecular formula is C28H30ClN3O3S. The van der Waals surface area contributed by atoms with Gasteiger partial charge in [-0.2, -0.15) is 0 Å². The molecule has 1 amide bonds. The Labute approximate surface area is 219 Å². The van der Waals surface area contributed by atoms with Gasteiger partial charge in [-0.25, -0.2) is 4.99 Å². The quantitative estimate of drug-likeness (QED) is 0.456. The van der Waals surface area contributed by atoms with Gasteiger partial charge in [0.15, 0.2) is 4.80 Å². The first-order valence-electron chi connectivity index (χ1n) is 12.1. The van der Waals surface area contributed by atoms with Crippen molar-refractivity contribution < 1.29 is 9.53 Å². The van der Waals surface area contributed by atoms with Gasteiger partial charge in [0.2, 0.25) is 0 Å². The van der Waals surface area contributed by atoms with Gasteiger partial charge < -0.3 is 9.64 Å². The van der Waals surface area contributed by atoms with Crippen LogP contribution in [0.15, 0.2) is 69.6 Å². The fourth-order valence-corrected chi connectivity index (χ4v) is 5.48. The molecular weight excluding hydrogens is 494 g/mol. The number of halogens is 1. The van der Waals surface area contributed by atoms with Crippen LogP contribution >= 0.6 is 22.9 Å². The summed E-state index contributed by atoms with van der Waals surface area (Å²) in [5.74, 6) is 0.665. The Morgan fingerprint density at radius 2 is 1.78 bits per heavy atom. The van der Waals surface area contributed by atoms with Gasteiger partial charge >= 0.3 is 0 Å². The zero-order valence-electron chi connectivity index (χ0n) is 21.1. The number of rotatable bonds is 7. The number of fused-ring (bicyclic) bond motifs is 1. The summed E-state index contributed by atoms with van der Waals surface area (Å²) in [6.07, 6.45) is 1.94. The molecule has 8 heteroatoms. The second-order valence-electron chi connectivity index (χ2n) is 8.85. The molecule has 6 nitrogen and oxygen atoms in total. The number of carbonyl (C=O) groups excluding carboxylic acids is 1. The van der Waals surface area contributed by atoms with Crippen molar-refractivity contribution >= 4 is 34.9 Å². The van der Waals surface area contributed by atoms with Crippen LogP contribution in [0.1, 0.15) is 51.8 Å². The van der Waals surface area contributed by atoms with Crippen LogP contribution in [0.3, 0.4) is 0 Å². The molecule has 0 fully saturated rings. The fourth-order valence-electron chi connectivity index (χ4n) is 4.30. The molecule has 0 radical (unpaired) electrons. The van der Waals surface area contributed by atoms with Gasteiger partial charge in [-0.05, 0) is 76.1 Å². The third-order valence-corrected chi connectivity index (χ3v) is 7.27.